The van der Waals surface area contributed by atoms with Crippen molar-refractivity contribution in [3.8, 4) is 34.5 Å². The van der Waals surface area contributed by atoms with Crippen molar-refractivity contribution < 1.29 is 9.47 Å². The van der Waals surface area contributed by atoms with Crippen molar-refractivity contribution in [3.05, 3.63) is 66.6 Å². The minimum atomic E-state index is 0.448. The average molecular weight is 480 g/mol. The standard InChI is InChI=1S/C29H29N5O2/c1-33-16-23-22(24(23)17-33)12-13-25-26(27-28(30)31-18-32-29(27)34(25)14-15-35-2)19-8-10-21(11-9-19)36-20-6-4-3-5-7-20/h3-11,18,22-24H,14-17H2,1-2H3,(H2,30,31,32). The third-order valence-electron chi connectivity index (χ3n) is 7.24. The lowest BCUT2D eigenvalue weighted by Crippen LogP contribution is -2.18. The quantitative estimate of drug-likeness (QED) is 0.416. The summed E-state index contributed by atoms with van der Waals surface area (Å²) in [5.41, 5.74) is 10.1. The van der Waals surface area contributed by atoms with Crippen molar-refractivity contribution in [2.75, 3.05) is 39.6 Å². The summed E-state index contributed by atoms with van der Waals surface area (Å²) in [4.78, 5) is 11.3. The van der Waals surface area contributed by atoms with Gasteiger partial charge in [-0.3, -0.25) is 0 Å². The van der Waals surface area contributed by atoms with E-state index >= 15 is 0 Å². The number of nitrogen functional groups attached to an aromatic ring is 1. The minimum Gasteiger partial charge on any atom is -0.457 e. The van der Waals surface area contributed by atoms with Gasteiger partial charge in [0.2, 0.25) is 0 Å². The Labute approximate surface area is 210 Å². The molecule has 7 heteroatoms. The summed E-state index contributed by atoms with van der Waals surface area (Å²) < 4.78 is 13.5. The molecule has 2 atom stereocenters. The van der Waals surface area contributed by atoms with Gasteiger partial charge < -0.3 is 24.7 Å². The average Bonchev–Trinajstić information content (AvgIpc) is 3.20. The van der Waals surface area contributed by atoms with E-state index in [1.54, 1.807) is 7.11 Å². The van der Waals surface area contributed by atoms with Gasteiger partial charge in [0.15, 0.2) is 0 Å². The largest absolute Gasteiger partial charge is 0.457 e. The van der Waals surface area contributed by atoms with Crippen LogP contribution in [0.5, 0.6) is 11.5 Å². The third kappa shape index (κ3) is 4.09. The number of rotatable bonds is 6. The molecular formula is C29H29N5O2. The van der Waals surface area contributed by atoms with Gasteiger partial charge >= 0.3 is 0 Å². The van der Waals surface area contributed by atoms with E-state index in [1.165, 1.54) is 6.33 Å². The van der Waals surface area contributed by atoms with E-state index < -0.39 is 0 Å². The Morgan fingerprint density at radius 1 is 1.00 bits per heavy atom. The number of para-hydroxylation sites is 1. The van der Waals surface area contributed by atoms with Gasteiger partial charge in [0, 0.05) is 38.2 Å². The number of nitrogens with zero attached hydrogens (tertiary/aromatic N) is 4. The summed E-state index contributed by atoms with van der Waals surface area (Å²) >= 11 is 0. The Balaban J connectivity index is 1.43. The molecule has 1 aliphatic heterocycles. The number of aromatic nitrogens is 3. The van der Waals surface area contributed by atoms with Gasteiger partial charge in [-0.25, -0.2) is 9.97 Å². The summed E-state index contributed by atoms with van der Waals surface area (Å²) in [6.07, 6.45) is 1.51. The first-order valence-electron chi connectivity index (χ1n) is 12.3. The van der Waals surface area contributed by atoms with Crippen LogP contribution in [0.25, 0.3) is 22.2 Å². The molecular weight excluding hydrogens is 450 g/mol. The van der Waals surface area contributed by atoms with E-state index in [4.69, 9.17) is 15.2 Å². The van der Waals surface area contributed by atoms with Crippen LogP contribution in [0.3, 0.4) is 0 Å². The van der Waals surface area contributed by atoms with E-state index in [2.05, 4.69) is 38.3 Å². The number of piperidine rings is 1. The van der Waals surface area contributed by atoms with Crippen molar-refractivity contribution >= 4 is 16.9 Å². The van der Waals surface area contributed by atoms with Crippen LogP contribution in [0, 0.1) is 29.6 Å². The van der Waals surface area contributed by atoms with Gasteiger partial charge in [0.05, 0.1) is 12.0 Å². The lowest BCUT2D eigenvalue weighted by atomic mass is 10.0. The van der Waals surface area contributed by atoms with E-state index in [-0.39, 0.29) is 0 Å². The number of anilines is 1. The van der Waals surface area contributed by atoms with Crippen molar-refractivity contribution in [2.24, 2.45) is 17.8 Å². The molecule has 2 fully saturated rings. The monoisotopic (exact) mass is 479 g/mol. The number of ether oxygens (including phenoxy) is 2. The summed E-state index contributed by atoms with van der Waals surface area (Å²) in [5.74, 6) is 11.0. The highest BCUT2D eigenvalue weighted by molar-refractivity contribution is 6.03. The summed E-state index contributed by atoms with van der Waals surface area (Å²) in [6, 6.07) is 17.8. The number of nitrogens with two attached hydrogens (primary N) is 1. The summed E-state index contributed by atoms with van der Waals surface area (Å²) in [7, 11) is 3.89. The fourth-order valence-corrected chi connectivity index (χ4v) is 5.42. The number of benzene rings is 2. The number of likely N-dealkylation sites (tertiary alicyclic amines) is 1. The maximum atomic E-state index is 6.42. The maximum Gasteiger partial charge on any atom is 0.147 e. The highest BCUT2D eigenvalue weighted by atomic mass is 16.5. The normalized spacial score (nSPS) is 20.7. The SMILES string of the molecule is COCCn1c(C#CC2C3CN(C)CC23)c(-c2ccc(Oc3ccccc3)cc2)c2c(N)ncnc21. The molecule has 0 radical (unpaired) electrons. The first-order chi connectivity index (χ1) is 17.6. The molecule has 2 unspecified atom stereocenters. The second-order valence-corrected chi connectivity index (χ2v) is 9.61. The van der Waals surface area contributed by atoms with Crippen molar-refractivity contribution in [2.45, 2.75) is 6.54 Å². The third-order valence-corrected chi connectivity index (χ3v) is 7.24. The highest BCUT2D eigenvalue weighted by Gasteiger charge is 2.54. The van der Waals surface area contributed by atoms with E-state index in [9.17, 15) is 0 Å². The molecule has 2 aromatic heterocycles. The first-order valence-corrected chi connectivity index (χ1v) is 12.3. The Hall–Kier alpha value is -3.86. The van der Waals surface area contributed by atoms with Crippen LogP contribution in [-0.4, -0.2) is 53.3 Å². The van der Waals surface area contributed by atoms with Crippen molar-refractivity contribution in [1.82, 2.24) is 19.4 Å². The number of fused-ring (bicyclic) bond motifs is 2. The Morgan fingerprint density at radius 3 is 2.44 bits per heavy atom. The molecule has 4 aromatic rings. The number of hydrogen-bond acceptors (Lipinski definition) is 6. The zero-order valence-electron chi connectivity index (χ0n) is 20.5. The summed E-state index contributed by atoms with van der Waals surface area (Å²) in [5, 5.41) is 0.824. The van der Waals surface area contributed by atoms with Gasteiger partial charge in [0.25, 0.3) is 0 Å². The molecule has 0 bridgehead atoms. The van der Waals surface area contributed by atoms with E-state index in [0.29, 0.717) is 36.7 Å². The predicted octanol–water partition coefficient (Wildman–Crippen LogP) is 4.28. The Bertz CT molecular complexity index is 1440. The second-order valence-electron chi connectivity index (χ2n) is 9.61. The van der Waals surface area contributed by atoms with Crippen LogP contribution in [0.1, 0.15) is 5.69 Å². The van der Waals surface area contributed by atoms with Crippen LogP contribution >= 0.6 is 0 Å². The predicted molar refractivity (Wildman–Crippen MR) is 141 cm³/mol. The van der Waals surface area contributed by atoms with Crippen LogP contribution in [0.2, 0.25) is 0 Å². The molecule has 36 heavy (non-hydrogen) atoms. The van der Waals surface area contributed by atoms with E-state index in [0.717, 1.165) is 52.4 Å². The van der Waals surface area contributed by atoms with Crippen LogP contribution < -0.4 is 10.5 Å². The van der Waals surface area contributed by atoms with Gasteiger partial charge in [-0.1, -0.05) is 36.3 Å². The van der Waals surface area contributed by atoms with E-state index in [1.807, 2.05) is 54.6 Å². The van der Waals surface area contributed by atoms with Crippen LogP contribution in [0.15, 0.2) is 60.9 Å². The number of hydrogen-bond donors (Lipinski definition) is 1. The second kappa shape index (κ2) is 9.30. The van der Waals surface area contributed by atoms with Crippen molar-refractivity contribution in [3.63, 3.8) is 0 Å². The molecule has 7 nitrogen and oxygen atoms in total. The fraction of sp³-hybridized carbons (Fsp3) is 0.310. The maximum absolute atomic E-state index is 6.42. The van der Waals surface area contributed by atoms with Crippen LogP contribution in [-0.2, 0) is 11.3 Å². The molecule has 1 aliphatic carbocycles. The molecule has 0 spiro atoms. The minimum absolute atomic E-state index is 0.448. The molecule has 2 aliphatic rings. The molecule has 3 heterocycles. The zero-order chi connectivity index (χ0) is 24.6. The van der Waals surface area contributed by atoms with Gasteiger partial charge in [-0.2, -0.15) is 0 Å². The zero-order valence-corrected chi connectivity index (χ0v) is 20.5. The molecule has 1 saturated carbocycles. The fourth-order valence-electron chi connectivity index (χ4n) is 5.42. The summed E-state index contributed by atoms with van der Waals surface area (Å²) in [6.45, 7) is 3.43. The highest BCUT2D eigenvalue weighted by Crippen LogP contribution is 2.51. The van der Waals surface area contributed by atoms with Crippen molar-refractivity contribution in [1.29, 1.82) is 0 Å². The van der Waals surface area contributed by atoms with Gasteiger partial charge in [-0.15, -0.1) is 0 Å². The topological polar surface area (TPSA) is 78.4 Å². The lowest BCUT2D eigenvalue weighted by molar-refractivity contribution is 0.188. The van der Waals surface area contributed by atoms with Gasteiger partial charge in [0.1, 0.15) is 35.0 Å². The van der Waals surface area contributed by atoms with Crippen LogP contribution in [0.4, 0.5) is 5.82 Å². The Morgan fingerprint density at radius 2 is 1.72 bits per heavy atom. The Kier molecular flexibility index (Phi) is 5.84. The lowest BCUT2D eigenvalue weighted by Gasteiger charge is -2.10. The molecule has 2 N–H and O–H groups in total. The molecule has 6 rings (SSSR count). The first kappa shape index (κ1) is 22.6. The molecule has 182 valence electrons. The molecule has 0 amide bonds. The molecule has 1 saturated heterocycles. The molecule has 2 aromatic carbocycles. The van der Waals surface area contributed by atoms with Gasteiger partial charge in [-0.05, 0) is 54.6 Å². The smallest absolute Gasteiger partial charge is 0.147 e. The number of methoxy groups -OCH3 is 1.